The van der Waals surface area contributed by atoms with Crippen LogP contribution in [0.3, 0.4) is 0 Å². The number of unbranched alkanes of at least 4 members (excludes halogenated alkanes) is 1. The first kappa shape index (κ1) is 30.2. The zero-order valence-corrected chi connectivity index (χ0v) is 26.7. The molecule has 1 N–H and O–H groups in total. The summed E-state index contributed by atoms with van der Waals surface area (Å²) in [6.07, 6.45) is 8.95. The van der Waals surface area contributed by atoms with Crippen molar-refractivity contribution in [2.75, 3.05) is 0 Å². The molecule has 1 aliphatic heterocycles. The summed E-state index contributed by atoms with van der Waals surface area (Å²) in [4.78, 5) is 37.1. The van der Waals surface area contributed by atoms with E-state index in [9.17, 15) is 9.59 Å². The Balaban J connectivity index is 1.33. The lowest BCUT2D eigenvalue weighted by Crippen LogP contribution is -2.48. The molecule has 0 amide bonds. The van der Waals surface area contributed by atoms with E-state index in [-0.39, 0.29) is 5.56 Å². The molecule has 8 nitrogen and oxygen atoms in total. The Hall–Kier alpha value is -3.85. The average molecular weight is 612 g/mol. The Labute approximate surface area is 263 Å². The molecule has 3 heterocycles. The van der Waals surface area contributed by atoms with Crippen LogP contribution in [-0.2, 0) is 19.4 Å². The molecule has 1 aliphatic carbocycles. The van der Waals surface area contributed by atoms with Crippen molar-refractivity contribution in [1.29, 1.82) is 0 Å². The lowest BCUT2D eigenvalue weighted by Gasteiger charge is -2.41. The Morgan fingerprint density at radius 3 is 2.34 bits per heavy atom. The minimum absolute atomic E-state index is 0.0528. The van der Waals surface area contributed by atoms with Crippen molar-refractivity contribution in [2.45, 2.75) is 103 Å². The maximum atomic E-state index is 14.4. The molecule has 2 atom stereocenters. The molecule has 2 fully saturated rings. The SMILES string of the molecule is CCCCc1nc(C2CC2)c(CC(=S)N2[C@H](C)CCC[C@@H]2C)c(=O)n1Cc1ccc(-c2ccccc2-c2noc(=O)[nH]2)cc1. The first-order valence-corrected chi connectivity index (χ1v) is 16.4. The summed E-state index contributed by atoms with van der Waals surface area (Å²) in [5.74, 6) is 1.04. The van der Waals surface area contributed by atoms with Gasteiger partial charge >= 0.3 is 5.76 Å². The first-order valence-electron chi connectivity index (χ1n) is 16.0. The highest BCUT2D eigenvalue weighted by Gasteiger charge is 2.33. The summed E-state index contributed by atoms with van der Waals surface area (Å²) in [5, 5.41) is 3.88. The van der Waals surface area contributed by atoms with E-state index in [1.54, 1.807) is 0 Å². The predicted octanol–water partition coefficient (Wildman–Crippen LogP) is 6.65. The largest absolute Gasteiger partial charge is 0.439 e. The summed E-state index contributed by atoms with van der Waals surface area (Å²) in [6.45, 7) is 7.12. The quantitative estimate of drug-likeness (QED) is 0.201. The number of hydrogen-bond donors (Lipinski definition) is 1. The predicted molar refractivity (Wildman–Crippen MR) is 177 cm³/mol. The molecule has 0 radical (unpaired) electrons. The number of likely N-dealkylation sites (tertiary alicyclic amines) is 1. The number of hydrogen-bond acceptors (Lipinski definition) is 6. The van der Waals surface area contributed by atoms with Crippen molar-refractivity contribution >= 4 is 17.2 Å². The molecular formula is C35H41N5O3S. The molecule has 6 rings (SSSR count). The molecular weight excluding hydrogens is 570 g/mol. The number of aromatic nitrogens is 4. The van der Waals surface area contributed by atoms with Crippen LogP contribution in [0.15, 0.2) is 62.6 Å². The third-order valence-corrected chi connectivity index (χ3v) is 9.48. The summed E-state index contributed by atoms with van der Waals surface area (Å²) in [6, 6.07) is 16.7. The standard InChI is InChI=1S/C35H41N5O3S/c1-4-5-13-30-36-32(26-18-19-26)29(20-31(44)40-22(2)9-8-10-23(40)3)34(41)39(30)21-24-14-16-25(17-15-24)27-11-6-7-12-28(27)33-37-35(42)43-38-33/h6-7,11-12,14-17,22-23,26H,4-5,8-10,13,18-21H2,1-3H3,(H,37,38,42)/t22-,23+. The van der Waals surface area contributed by atoms with E-state index in [4.69, 9.17) is 21.7 Å². The van der Waals surface area contributed by atoms with E-state index in [0.29, 0.717) is 36.8 Å². The van der Waals surface area contributed by atoms with Gasteiger partial charge < -0.3 is 4.90 Å². The van der Waals surface area contributed by atoms with Gasteiger partial charge in [0.1, 0.15) is 5.82 Å². The Bertz CT molecular complexity index is 1740. The summed E-state index contributed by atoms with van der Waals surface area (Å²) in [7, 11) is 0. The Morgan fingerprint density at radius 1 is 1.00 bits per heavy atom. The maximum absolute atomic E-state index is 14.4. The second-order valence-corrected chi connectivity index (χ2v) is 12.9. The van der Waals surface area contributed by atoms with Crippen LogP contribution in [-0.4, -0.2) is 41.7 Å². The second-order valence-electron chi connectivity index (χ2n) is 12.5. The molecule has 4 aromatic rings. The zero-order chi connectivity index (χ0) is 30.8. The van der Waals surface area contributed by atoms with Crippen molar-refractivity contribution in [1.82, 2.24) is 24.6 Å². The van der Waals surface area contributed by atoms with E-state index < -0.39 is 5.76 Å². The van der Waals surface area contributed by atoms with E-state index in [2.05, 4.69) is 47.9 Å². The van der Waals surface area contributed by atoms with Gasteiger partial charge in [-0.2, -0.15) is 0 Å². The van der Waals surface area contributed by atoms with Crippen LogP contribution in [0, 0.1) is 0 Å². The highest BCUT2D eigenvalue weighted by atomic mass is 32.1. The minimum Gasteiger partial charge on any atom is -0.360 e. The van der Waals surface area contributed by atoms with Crippen molar-refractivity contribution in [2.24, 2.45) is 0 Å². The van der Waals surface area contributed by atoms with Gasteiger partial charge in [-0.05, 0) is 69.1 Å². The van der Waals surface area contributed by atoms with Gasteiger partial charge in [0.05, 0.1) is 17.2 Å². The molecule has 0 spiro atoms. The molecule has 0 bridgehead atoms. The Morgan fingerprint density at radius 2 is 1.70 bits per heavy atom. The van der Waals surface area contributed by atoms with Gasteiger partial charge in [-0.15, -0.1) is 0 Å². The van der Waals surface area contributed by atoms with Crippen LogP contribution >= 0.6 is 12.2 Å². The fourth-order valence-electron chi connectivity index (χ4n) is 6.62. The fourth-order valence-corrected chi connectivity index (χ4v) is 7.13. The molecule has 2 aromatic carbocycles. The van der Waals surface area contributed by atoms with Crippen LogP contribution < -0.4 is 11.3 Å². The highest BCUT2D eigenvalue weighted by Crippen LogP contribution is 2.40. The van der Waals surface area contributed by atoms with E-state index in [0.717, 1.165) is 89.3 Å². The van der Waals surface area contributed by atoms with Crippen LogP contribution in [0.5, 0.6) is 0 Å². The van der Waals surface area contributed by atoms with Crippen LogP contribution in [0.25, 0.3) is 22.5 Å². The zero-order valence-electron chi connectivity index (χ0n) is 25.8. The Kier molecular flexibility index (Phi) is 8.93. The number of nitrogens with one attached hydrogen (secondary N) is 1. The number of H-pyrrole nitrogens is 1. The van der Waals surface area contributed by atoms with Gasteiger partial charge in [-0.3, -0.25) is 18.9 Å². The number of aromatic amines is 1. The summed E-state index contributed by atoms with van der Waals surface area (Å²) in [5.41, 5.74) is 5.53. The third kappa shape index (κ3) is 6.34. The molecule has 2 aliphatic rings. The maximum Gasteiger partial charge on any atom is 0.439 e. The summed E-state index contributed by atoms with van der Waals surface area (Å²) < 4.78 is 6.64. The first-order chi connectivity index (χ1) is 21.3. The van der Waals surface area contributed by atoms with Crippen molar-refractivity contribution in [3.8, 4) is 22.5 Å². The van der Waals surface area contributed by atoms with Gasteiger partial charge in [-0.25, -0.2) is 9.78 Å². The van der Waals surface area contributed by atoms with Gasteiger partial charge in [-0.1, -0.05) is 79.3 Å². The number of aryl methyl sites for hydroxylation is 1. The molecule has 1 saturated carbocycles. The number of rotatable bonds is 10. The van der Waals surface area contributed by atoms with E-state index in [1.165, 1.54) is 6.42 Å². The second kappa shape index (κ2) is 13.0. The topological polar surface area (TPSA) is 97.0 Å². The molecule has 230 valence electrons. The van der Waals surface area contributed by atoms with Crippen LogP contribution in [0.2, 0.25) is 0 Å². The minimum atomic E-state index is -0.587. The number of piperidine rings is 1. The molecule has 0 unspecified atom stereocenters. The number of nitrogens with zero attached hydrogens (tertiary/aromatic N) is 4. The lowest BCUT2D eigenvalue weighted by atomic mass is 9.96. The van der Waals surface area contributed by atoms with E-state index >= 15 is 0 Å². The van der Waals surface area contributed by atoms with Crippen molar-refractivity contribution in [3.63, 3.8) is 0 Å². The van der Waals surface area contributed by atoms with Crippen LogP contribution in [0.1, 0.15) is 94.3 Å². The van der Waals surface area contributed by atoms with Crippen LogP contribution in [0.4, 0.5) is 0 Å². The highest BCUT2D eigenvalue weighted by molar-refractivity contribution is 7.80. The third-order valence-electron chi connectivity index (χ3n) is 9.13. The number of benzene rings is 2. The van der Waals surface area contributed by atoms with Gasteiger partial charge in [0.15, 0.2) is 5.82 Å². The molecule has 1 saturated heterocycles. The fraction of sp³-hybridized carbons (Fsp3) is 0.457. The monoisotopic (exact) mass is 611 g/mol. The van der Waals surface area contributed by atoms with Gasteiger partial charge in [0.2, 0.25) is 0 Å². The normalized spacial score (nSPS) is 18.5. The molecule has 9 heteroatoms. The van der Waals surface area contributed by atoms with Crippen molar-refractivity contribution in [3.05, 3.63) is 92.1 Å². The molecule has 44 heavy (non-hydrogen) atoms. The van der Waals surface area contributed by atoms with Gasteiger partial charge in [0, 0.05) is 42.0 Å². The van der Waals surface area contributed by atoms with E-state index in [1.807, 2.05) is 41.0 Å². The molecule has 2 aromatic heterocycles. The summed E-state index contributed by atoms with van der Waals surface area (Å²) >= 11 is 6.04. The number of thiocarbonyl (C=S) groups is 1. The smallest absolute Gasteiger partial charge is 0.360 e. The lowest BCUT2D eigenvalue weighted by molar-refractivity contribution is 0.192. The van der Waals surface area contributed by atoms with Crippen molar-refractivity contribution < 1.29 is 4.52 Å². The average Bonchev–Trinajstić information content (AvgIpc) is 3.78. The van der Waals surface area contributed by atoms with Gasteiger partial charge in [0.25, 0.3) is 5.56 Å².